The van der Waals surface area contributed by atoms with Gasteiger partial charge in [0.05, 0.1) is 5.69 Å². The van der Waals surface area contributed by atoms with Crippen molar-refractivity contribution in [2.75, 3.05) is 0 Å². The van der Waals surface area contributed by atoms with E-state index in [1.807, 2.05) is 27.7 Å². The number of aromatic nitrogens is 2. The first-order valence-corrected chi connectivity index (χ1v) is 4.45. The summed E-state index contributed by atoms with van der Waals surface area (Å²) in [4.78, 5) is 11.2. The molecule has 3 heteroatoms. The molecule has 0 aliphatic carbocycles. The molecule has 1 aromatic heterocycles. The van der Waals surface area contributed by atoms with Crippen LogP contribution in [0.3, 0.4) is 0 Å². The van der Waals surface area contributed by atoms with Crippen molar-refractivity contribution in [1.82, 2.24) is 9.97 Å². The fraction of sp³-hybridized carbons (Fsp3) is 0.400. The highest BCUT2D eigenvalue weighted by Gasteiger charge is 2.00. The highest BCUT2D eigenvalue weighted by atomic mass is 15.0. The first-order chi connectivity index (χ1) is 6.27. The summed E-state index contributed by atoms with van der Waals surface area (Å²) in [5.74, 6) is 1.57. The number of nitrogens with zero attached hydrogens (tertiary/aromatic N) is 2. The van der Waals surface area contributed by atoms with Crippen LogP contribution in [0.15, 0.2) is 11.6 Å². The summed E-state index contributed by atoms with van der Waals surface area (Å²) >= 11 is 0. The molecule has 0 radical (unpaired) electrons. The van der Waals surface area contributed by atoms with Crippen molar-refractivity contribution in [3.63, 3.8) is 0 Å². The normalized spacial score (nSPS) is 9.54. The zero-order valence-corrected chi connectivity index (χ0v) is 8.76. The van der Waals surface area contributed by atoms with E-state index >= 15 is 0 Å². The molecule has 0 aliphatic heterocycles. The summed E-state index contributed by atoms with van der Waals surface area (Å²) in [7, 11) is 0. The molecule has 0 aliphatic rings. The average molecular weight is 179 g/mol. The molecule has 0 aromatic carbocycles. The summed E-state index contributed by atoms with van der Waals surface area (Å²) < 4.78 is 0. The third kappa shape index (κ3) is 3.23. The lowest BCUT2D eigenvalue weighted by Gasteiger charge is -1.85. The number of H-pyrrole nitrogens is 1. The summed E-state index contributed by atoms with van der Waals surface area (Å²) in [5, 5.41) is 0. The second-order valence-corrected chi connectivity index (χ2v) is 2.15. The minimum atomic E-state index is 0.708. The number of aryl methyl sites for hydroxylation is 1. The molecule has 0 saturated carbocycles. The molecule has 0 fully saturated rings. The second kappa shape index (κ2) is 6.17. The number of rotatable bonds is 2. The molecule has 1 rings (SSSR count). The van der Waals surface area contributed by atoms with Crippen molar-refractivity contribution in [3.8, 4) is 0 Å². The van der Waals surface area contributed by atoms with E-state index in [0.717, 1.165) is 11.5 Å². The van der Waals surface area contributed by atoms with Crippen LogP contribution in [0, 0.1) is 6.92 Å². The Bertz CT molecular complexity index is 284. The minimum absolute atomic E-state index is 0.708. The van der Waals surface area contributed by atoms with E-state index in [9.17, 15) is 0 Å². The van der Waals surface area contributed by atoms with Gasteiger partial charge in [0, 0.05) is 6.21 Å². The van der Waals surface area contributed by atoms with Crippen molar-refractivity contribution in [2.24, 2.45) is 4.99 Å². The van der Waals surface area contributed by atoms with Gasteiger partial charge in [-0.3, -0.25) is 0 Å². The smallest absolute Gasteiger partial charge is 0.177 e. The lowest BCUT2D eigenvalue weighted by atomic mass is 10.4. The summed E-state index contributed by atoms with van der Waals surface area (Å²) in [6.07, 6.45) is 3.42. The van der Waals surface area contributed by atoms with E-state index in [4.69, 9.17) is 0 Å². The minimum Gasteiger partial charge on any atom is -0.341 e. The van der Waals surface area contributed by atoms with E-state index in [1.165, 1.54) is 0 Å². The molecule has 1 N–H and O–H groups in total. The predicted molar refractivity (Wildman–Crippen MR) is 58.6 cm³/mol. The maximum absolute atomic E-state index is 4.15. The van der Waals surface area contributed by atoms with Crippen LogP contribution in [-0.4, -0.2) is 16.2 Å². The number of imidazole rings is 1. The molecule has 0 atom stereocenters. The number of hydrogen-bond acceptors (Lipinski definition) is 2. The Morgan fingerprint density at radius 1 is 1.46 bits per heavy atom. The molecule has 72 valence electrons. The van der Waals surface area contributed by atoms with Gasteiger partial charge >= 0.3 is 0 Å². The fourth-order valence-corrected chi connectivity index (χ4v) is 0.861. The topological polar surface area (TPSA) is 41.0 Å². The van der Waals surface area contributed by atoms with Gasteiger partial charge in [0.2, 0.25) is 0 Å². The van der Waals surface area contributed by atoms with E-state index in [-0.39, 0.29) is 0 Å². The lowest BCUT2D eigenvalue weighted by molar-refractivity contribution is 1.14. The van der Waals surface area contributed by atoms with Gasteiger partial charge in [0.1, 0.15) is 5.82 Å². The Labute approximate surface area is 79.6 Å². The number of aromatic amines is 1. The summed E-state index contributed by atoms with van der Waals surface area (Å²) in [6.45, 7) is 11.4. The first-order valence-electron chi connectivity index (χ1n) is 4.45. The van der Waals surface area contributed by atoms with E-state index < -0.39 is 0 Å². The van der Waals surface area contributed by atoms with Crippen LogP contribution in [0.2, 0.25) is 0 Å². The van der Waals surface area contributed by atoms with Crippen LogP contribution in [-0.2, 0) is 0 Å². The Balaban J connectivity index is 0.000000671. The molecular formula is C10H17N3. The predicted octanol–water partition coefficient (Wildman–Crippen LogP) is 3.11. The molecule has 0 saturated heterocycles. The third-order valence-corrected chi connectivity index (χ3v) is 1.29. The van der Waals surface area contributed by atoms with Crippen LogP contribution < -0.4 is 0 Å². The molecule has 0 amide bonds. The van der Waals surface area contributed by atoms with Gasteiger partial charge in [-0.15, -0.1) is 0 Å². The van der Waals surface area contributed by atoms with Crippen LogP contribution in [0.5, 0.6) is 0 Å². The van der Waals surface area contributed by atoms with Gasteiger partial charge < -0.3 is 4.98 Å². The van der Waals surface area contributed by atoms with Crippen molar-refractivity contribution >= 4 is 18.1 Å². The Hall–Kier alpha value is -1.38. The molecular weight excluding hydrogens is 162 g/mol. The van der Waals surface area contributed by atoms with Gasteiger partial charge in [-0.25, -0.2) is 9.98 Å². The highest BCUT2D eigenvalue weighted by molar-refractivity contribution is 5.64. The molecule has 1 heterocycles. The van der Waals surface area contributed by atoms with Gasteiger partial charge in [0.15, 0.2) is 5.82 Å². The average Bonchev–Trinajstić information content (AvgIpc) is 2.50. The first kappa shape index (κ1) is 11.6. The maximum Gasteiger partial charge on any atom is 0.177 e. The fourth-order valence-electron chi connectivity index (χ4n) is 0.861. The number of nitrogens with one attached hydrogen (secondary N) is 1. The van der Waals surface area contributed by atoms with Crippen LogP contribution in [0.1, 0.15) is 32.3 Å². The number of aliphatic imine (C=N–C) groups is 1. The van der Waals surface area contributed by atoms with Gasteiger partial charge in [0.25, 0.3) is 0 Å². The third-order valence-electron chi connectivity index (χ3n) is 1.29. The Morgan fingerprint density at radius 3 is 2.54 bits per heavy atom. The SMILES string of the molecule is C=Cc1[nH]c(C)nc1/N=C\C.CC. The van der Waals surface area contributed by atoms with Crippen molar-refractivity contribution in [2.45, 2.75) is 27.7 Å². The summed E-state index contributed by atoms with van der Waals surface area (Å²) in [6, 6.07) is 0. The molecule has 1 aromatic rings. The van der Waals surface area contributed by atoms with Crippen LogP contribution in [0.25, 0.3) is 6.08 Å². The van der Waals surface area contributed by atoms with Crippen molar-refractivity contribution in [1.29, 1.82) is 0 Å². The van der Waals surface area contributed by atoms with Crippen LogP contribution in [0.4, 0.5) is 5.82 Å². The highest BCUT2D eigenvalue weighted by Crippen LogP contribution is 2.15. The van der Waals surface area contributed by atoms with E-state index in [0.29, 0.717) is 5.82 Å². The second-order valence-electron chi connectivity index (χ2n) is 2.15. The molecule has 0 spiro atoms. The Kier molecular flexibility index (Phi) is 5.52. The lowest BCUT2D eigenvalue weighted by Crippen LogP contribution is -1.70. The van der Waals surface area contributed by atoms with Crippen molar-refractivity contribution in [3.05, 3.63) is 18.1 Å². The standard InChI is InChI=1S/C8H11N3.C2H6/c1-4-7-8(9-5-2)11-6(3)10-7;1-2/h4-5H,1H2,2-3H3,(H,10,11);1-2H3/b9-5-;. The number of hydrogen-bond donors (Lipinski definition) is 1. The monoisotopic (exact) mass is 179 g/mol. The van der Waals surface area contributed by atoms with E-state index in [1.54, 1.807) is 12.3 Å². The maximum atomic E-state index is 4.15. The van der Waals surface area contributed by atoms with E-state index in [2.05, 4.69) is 21.5 Å². The molecule has 3 nitrogen and oxygen atoms in total. The molecule has 13 heavy (non-hydrogen) atoms. The molecule has 0 bridgehead atoms. The van der Waals surface area contributed by atoms with Gasteiger partial charge in [-0.05, 0) is 19.9 Å². The molecule has 0 unspecified atom stereocenters. The Morgan fingerprint density at radius 2 is 2.08 bits per heavy atom. The van der Waals surface area contributed by atoms with Crippen LogP contribution >= 0.6 is 0 Å². The van der Waals surface area contributed by atoms with Crippen molar-refractivity contribution < 1.29 is 0 Å². The quantitative estimate of drug-likeness (QED) is 0.696. The zero-order valence-electron chi connectivity index (χ0n) is 8.76. The largest absolute Gasteiger partial charge is 0.341 e. The zero-order chi connectivity index (χ0) is 10.3. The van der Waals surface area contributed by atoms with Gasteiger partial charge in [-0.1, -0.05) is 20.4 Å². The summed E-state index contributed by atoms with van der Waals surface area (Å²) in [5.41, 5.74) is 0.876. The van der Waals surface area contributed by atoms with Gasteiger partial charge in [-0.2, -0.15) is 0 Å².